The SMILES string of the molecule is O=C(NCCC(=O)N1CCC[C@H](O)C1)c1ccco1. The van der Waals surface area contributed by atoms with E-state index in [-0.39, 0.29) is 30.5 Å². The molecule has 104 valence electrons. The molecule has 6 heteroatoms. The summed E-state index contributed by atoms with van der Waals surface area (Å²) in [5, 5.41) is 12.1. The Balaban J connectivity index is 1.70. The van der Waals surface area contributed by atoms with E-state index in [0.717, 1.165) is 12.8 Å². The summed E-state index contributed by atoms with van der Waals surface area (Å²) in [6.07, 6.45) is 2.81. The van der Waals surface area contributed by atoms with Gasteiger partial charge in [-0.05, 0) is 25.0 Å². The van der Waals surface area contributed by atoms with E-state index < -0.39 is 6.10 Å². The van der Waals surface area contributed by atoms with Gasteiger partial charge in [0.2, 0.25) is 5.91 Å². The molecule has 1 fully saturated rings. The molecule has 0 spiro atoms. The average molecular weight is 266 g/mol. The van der Waals surface area contributed by atoms with E-state index in [1.54, 1.807) is 17.0 Å². The maximum atomic E-state index is 11.9. The fraction of sp³-hybridized carbons (Fsp3) is 0.538. The molecular formula is C13H18N2O4. The van der Waals surface area contributed by atoms with Gasteiger partial charge in [-0.3, -0.25) is 9.59 Å². The van der Waals surface area contributed by atoms with Gasteiger partial charge in [0.1, 0.15) is 0 Å². The highest BCUT2D eigenvalue weighted by Crippen LogP contribution is 2.10. The molecule has 19 heavy (non-hydrogen) atoms. The largest absolute Gasteiger partial charge is 0.459 e. The molecule has 2 amide bonds. The fourth-order valence-corrected chi connectivity index (χ4v) is 2.12. The van der Waals surface area contributed by atoms with Crippen LogP contribution in [0.1, 0.15) is 29.8 Å². The molecule has 1 aliphatic heterocycles. The summed E-state index contributed by atoms with van der Waals surface area (Å²) < 4.78 is 4.94. The number of carbonyl (C=O) groups excluding carboxylic acids is 2. The molecule has 1 aromatic rings. The number of likely N-dealkylation sites (tertiary alicyclic amines) is 1. The molecule has 1 saturated heterocycles. The van der Waals surface area contributed by atoms with Gasteiger partial charge in [-0.25, -0.2) is 0 Å². The van der Waals surface area contributed by atoms with Crippen molar-refractivity contribution in [2.75, 3.05) is 19.6 Å². The lowest BCUT2D eigenvalue weighted by Crippen LogP contribution is -2.43. The topological polar surface area (TPSA) is 82.8 Å². The quantitative estimate of drug-likeness (QED) is 0.825. The normalized spacial score (nSPS) is 19.2. The second kappa shape index (κ2) is 6.38. The predicted octanol–water partition coefficient (Wildman–Crippen LogP) is 0.383. The molecule has 6 nitrogen and oxygen atoms in total. The molecule has 2 N–H and O–H groups in total. The molecule has 1 aliphatic rings. The number of carbonyl (C=O) groups is 2. The van der Waals surface area contributed by atoms with Crippen molar-refractivity contribution in [2.45, 2.75) is 25.4 Å². The van der Waals surface area contributed by atoms with Crippen LogP contribution in [0.3, 0.4) is 0 Å². The van der Waals surface area contributed by atoms with Crippen molar-refractivity contribution < 1.29 is 19.1 Å². The summed E-state index contributed by atoms with van der Waals surface area (Å²) in [6.45, 7) is 1.35. The van der Waals surface area contributed by atoms with Crippen LogP contribution in [0.5, 0.6) is 0 Å². The Morgan fingerprint density at radius 3 is 3.05 bits per heavy atom. The standard InChI is InChI=1S/C13H18N2O4/c16-10-3-1-7-15(9-10)12(17)5-6-14-13(18)11-4-2-8-19-11/h2,4,8,10,16H,1,3,5-7,9H2,(H,14,18)/t10-/m0/s1. The fourth-order valence-electron chi connectivity index (χ4n) is 2.12. The monoisotopic (exact) mass is 266 g/mol. The second-order valence-electron chi connectivity index (χ2n) is 4.62. The first-order valence-electron chi connectivity index (χ1n) is 6.44. The maximum Gasteiger partial charge on any atom is 0.286 e. The first-order chi connectivity index (χ1) is 9.16. The molecule has 0 unspecified atom stereocenters. The van der Waals surface area contributed by atoms with Crippen LogP contribution in [-0.4, -0.2) is 47.6 Å². The summed E-state index contributed by atoms with van der Waals surface area (Å²) in [5.41, 5.74) is 0. The Kier molecular flexibility index (Phi) is 4.57. The van der Waals surface area contributed by atoms with Crippen molar-refractivity contribution in [1.29, 1.82) is 0 Å². The first kappa shape index (κ1) is 13.6. The summed E-state index contributed by atoms with van der Waals surface area (Å²) in [4.78, 5) is 25.0. The van der Waals surface area contributed by atoms with Crippen molar-refractivity contribution >= 4 is 11.8 Å². The Hall–Kier alpha value is -1.82. The number of nitrogens with zero attached hydrogens (tertiary/aromatic N) is 1. The minimum absolute atomic E-state index is 0.0431. The summed E-state index contributed by atoms with van der Waals surface area (Å²) in [7, 11) is 0. The zero-order chi connectivity index (χ0) is 13.7. The van der Waals surface area contributed by atoms with Crippen molar-refractivity contribution in [1.82, 2.24) is 10.2 Å². The molecule has 0 saturated carbocycles. The van der Waals surface area contributed by atoms with Gasteiger partial charge in [-0.15, -0.1) is 0 Å². The highest BCUT2D eigenvalue weighted by Gasteiger charge is 2.21. The number of nitrogens with one attached hydrogen (secondary N) is 1. The highest BCUT2D eigenvalue weighted by molar-refractivity contribution is 5.91. The van der Waals surface area contributed by atoms with Crippen LogP contribution >= 0.6 is 0 Å². The number of hydrogen-bond donors (Lipinski definition) is 2. The molecule has 0 aromatic carbocycles. The third-order valence-electron chi connectivity index (χ3n) is 3.12. The van der Waals surface area contributed by atoms with Crippen LogP contribution < -0.4 is 5.32 Å². The number of amides is 2. The third kappa shape index (κ3) is 3.82. The number of hydrogen-bond acceptors (Lipinski definition) is 4. The lowest BCUT2D eigenvalue weighted by molar-refractivity contribution is -0.134. The maximum absolute atomic E-state index is 11.9. The summed E-state index contributed by atoms with van der Waals surface area (Å²) in [5.74, 6) is -0.129. The molecule has 1 aromatic heterocycles. The van der Waals surface area contributed by atoms with Crippen LogP contribution in [0, 0.1) is 0 Å². The van der Waals surface area contributed by atoms with E-state index >= 15 is 0 Å². The molecule has 1 atom stereocenters. The zero-order valence-corrected chi connectivity index (χ0v) is 10.7. The van der Waals surface area contributed by atoms with Crippen molar-refractivity contribution in [3.05, 3.63) is 24.2 Å². The van der Waals surface area contributed by atoms with Crippen LogP contribution in [0.4, 0.5) is 0 Å². The van der Waals surface area contributed by atoms with Gasteiger partial charge in [0, 0.05) is 26.1 Å². The highest BCUT2D eigenvalue weighted by atomic mass is 16.3. The van der Waals surface area contributed by atoms with Crippen LogP contribution in [-0.2, 0) is 4.79 Å². The van der Waals surface area contributed by atoms with Gasteiger partial charge in [0.25, 0.3) is 5.91 Å². The minimum atomic E-state index is -0.421. The molecule has 2 heterocycles. The van der Waals surface area contributed by atoms with E-state index in [0.29, 0.717) is 13.1 Å². The number of piperidine rings is 1. The van der Waals surface area contributed by atoms with Gasteiger partial charge in [-0.1, -0.05) is 0 Å². The number of furan rings is 1. The number of rotatable bonds is 4. The van der Waals surface area contributed by atoms with E-state index in [2.05, 4.69) is 5.32 Å². The van der Waals surface area contributed by atoms with Gasteiger partial charge in [-0.2, -0.15) is 0 Å². The lowest BCUT2D eigenvalue weighted by Gasteiger charge is -2.30. The summed E-state index contributed by atoms with van der Waals surface area (Å²) >= 11 is 0. The van der Waals surface area contributed by atoms with E-state index in [1.165, 1.54) is 6.26 Å². The Bertz CT molecular complexity index is 430. The van der Waals surface area contributed by atoms with E-state index in [4.69, 9.17) is 4.42 Å². The number of β-amino-alcohol motifs (C(OH)–C–C–N with tert-alkyl or cyclic N) is 1. The van der Waals surface area contributed by atoms with E-state index in [1.807, 2.05) is 0 Å². The third-order valence-corrected chi connectivity index (χ3v) is 3.12. The number of aliphatic hydroxyl groups is 1. The van der Waals surface area contributed by atoms with Crippen molar-refractivity contribution in [3.63, 3.8) is 0 Å². The molecular weight excluding hydrogens is 248 g/mol. The van der Waals surface area contributed by atoms with Crippen molar-refractivity contribution in [2.24, 2.45) is 0 Å². The Morgan fingerprint density at radius 1 is 1.53 bits per heavy atom. The Labute approximate surface area is 111 Å². The van der Waals surface area contributed by atoms with Gasteiger partial charge in [0.05, 0.1) is 12.4 Å². The second-order valence-corrected chi connectivity index (χ2v) is 4.62. The average Bonchev–Trinajstić information content (AvgIpc) is 2.92. The molecule has 0 bridgehead atoms. The molecule has 0 radical (unpaired) electrons. The first-order valence-corrected chi connectivity index (χ1v) is 6.44. The predicted molar refractivity (Wildman–Crippen MR) is 67.5 cm³/mol. The van der Waals surface area contributed by atoms with Gasteiger partial charge < -0.3 is 19.7 Å². The van der Waals surface area contributed by atoms with Gasteiger partial charge in [0.15, 0.2) is 5.76 Å². The smallest absolute Gasteiger partial charge is 0.286 e. The minimum Gasteiger partial charge on any atom is -0.459 e. The van der Waals surface area contributed by atoms with Crippen LogP contribution in [0.2, 0.25) is 0 Å². The lowest BCUT2D eigenvalue weighted by atomic mass is 10.1. The van der Waals surface area contributed by atoms with Crippen LogP contribution in [0.25, 0.3) is 0 Å². The molecule has 0 aliphatic carbocycles. The van der Waals surface area contributed by atoms with Crippen molar-refractivity contribution in [3.8, 4) is 0 Å². The summed E-state index contributed by atoms with van der Waals surface area (Å²) in [6, 6.07) is 3.20. The van der Waals surface area contributed by atoms with Crippen LogP contribution in [0.15, 0.2) is 22.8 Å². The molecule has 2 rings (SSSR count). The number of aliphatic hydroxyl groups excluding tert-OH is 1. The Morgan fingerprint density at radius 2 is 2.37 bits per heavy atom. The van der Waals surface area contributed by atoms with E-state index in [9.17, 15) is 14.7 Å². The van der Waals surface area contributed by atoms with Gasteiger partial charge >= 0.3 is 0 Å². The zero-order valence-electron chi connectivity index (χ0n) is 10.7.